The van der Waals surface area contributed by atoms with Crippen LogP contribution < -0.4 is 10.6 Å². The van der Waals surface area contributed by atoms with Gasteiger partial charge in [-0.3, -0.25) is 9.59 Å². The Bertz CT molecular complexity index is 542. The highest BCUT2D eigenvalue weighted by atomic mass is 16.2. The van der Waals surface area contributed by atoms with Crippen LogP contribution in [0.3, 0.4) is 0 Å². The molecule has 0 aliphatic carbocycles. The molecule has 1 aliphatic heterocycles. The van der Waals surface area contributed by atoms with Gasteiger partial charge < -0.3 is 15.5 Å². The van der Waals surface area contributed by atoms with E-state index in [1.54, 1.807) is 11.9 Å². The van der Waals surface area contributed by atoms with Crippen LogP contribution in [0, 0.1) is 6.92 Å². The molecule has 0 bridgehead atoms. The van der Waals surface area contributed by atoms with Crippen LogP contribution in [-0.2, 0) is 4.79 Å². The van der Waals surface area contributed by atoms with E-state index in [0.717, 1.165) is 17.8 Å². The average Bonchev–Trinajstić information content (AvgIpc) is 2.45. The summed E-state index contributed by atoms with van der Waals surface area (Å²) in [5.74, 6) is 0.0697. The molecule has 1 aromatic rings. The fourth-order valence-corrected chi connectivity index (χ4v) is 2.59. The highest BCUT2D eigenvalue weighted by Crippen LogP contribution is 2.17. The molecule has 1 unspecified atom stereocenters. The van der Waals surface area contributed by atoms with Crippen LogP contribution in [-0.4, -0.2) is 42.9 Å². The number of nitrogens with one attached hydrogen (secondary N) is 2. The summed E-state index contributed by atoms with van der Waals surface area (Å²) in [6.07, 6.45) is 1.21. The third kappa shape index (κ3) is 3.74. The first kappa shape index (κ1) is 15.4. The third-order valence-corrected chi connectivity index (χ3v) is 3.82. The molecule has 2 amide bonds. The van der Waals surface area contributed by atoms with Crippen molar-refractivity contribution >= 4 is 17.5 Å². The molecule has 21 heavy (non-hydrogen) atoms. The topological polar surface area (TPSA) is 61.4 Å². The van der Waals surface area contributed by atoms with Crippen LogP contribution in [0.1, 0.15) is 35.7 Å². The largest absolute Gasteiger partial charge is 0.385 e. The Balaban J connectivity index is 2.00. The van der Waals surface area contributed by atoms with Crippen molar-refractivity contribution in [2.24, 2.45) is 0 Å². The second-order valence-electron chi connectivity index (χ2n) is 5.54. The minimum absolute atomic E-state index is 0.0361. The number of amides is 2. The number of carbonyl (C=O) groups is 2. The maximum Gasteiger partial charge on any atom is 0.251 e. The fourth-order valence-electron chi connectivity index (χ4n) is 2.59. The zero-order chi connectivity index (χ0) is 15.4. The standard InChI is InChI=1S/C16H23N3O2/c1-4-17-14-7-5-12(9-11(14)2)16(21)18-13-6-8-15(20)19(3)10-13/h5,7,9,13,17H,4,6,8,10H2,1-3H3,(H,18,21). The Morgan fingerprint density at radius 2 is 2.19 bits per heavy atom. The number of likely N-dealkylation sites (N-methyl/N-ethyl adjacent to an activating group) is 1. The molecule has 0 radical (unpaired) electrons. The highest BCUT2D eigenvalue weighted by Gasteiger charge is 2.24. The number of carbonyl (C=O) groups excluding carboxylic acids is 2. The number of benzene rings is 1. The number of aryl methyl sites for hydroxylation is 1. The van der Waals surface area contributed by atoms with Gasteiger partial charge in [0.2, 0.25) is 5.91 Å². The second-order valence-corrected chi connectivity index (χ2v) is 5.54. The maximum atomic E-state index is 12.3. The van der Waals surface area contributed by atoms with Crippen molar-refractivity contribution in [3.8, 4) is 0 Å². The number of piperidine rings is 1. The molecule has 1 heterocycles. The molecule has 0 spiro atoms. The Labute approximate surface area is 125 Å². The molecule has 0 aromatic heterocycles. The lowest BCUT2D eigenvalue weighted by Crippen LogP contribution is -2.48. The molecule has 2 N–H and O–H groups in total. The van der Waals surface area contributed by atoms with Gasteiger partial charge in [-0.15, -0.1) is 0 Å². The van der Waals surface area contributed by atoms with Gasteiger partial charge in [-0.25, -0.2) is 0 Å². The normalized spacial score (nSPS) is 18.5. The van der Waals surface area contributed by atoms with E-state index < -0.39 is 0 Å². The van der Waals surface area contributed by atoms with Crippen LogP contribution in [0.5, 0.6) is 0 Å². The van der Waals surface area contributed by atoms with Crippen LogP contribution in [0.15, 0.2) is 18.2 Å². The number of hydrogen-bond donors (Lipinski definition) is 2. The minimum atomic E-state index is -0.0751. The third-order valence-electron chi connectivity index (χ3n) is 3.82. The smallest absolute Gasteiger partial charge is 0.251 e. The average molecular weight is 289 g/mol. The molecule has 5 heteroatoms. The monoisotopic (exact) mass is 289 g/mol. The fraction of sp³-hybridized carbons (Fsp3) is 0.500. The zero-order valence-electron chi connectivity index (χ0n) is 12.9. The summed E-state index contributed by atoms with van der Waals surface area (Å²) in [5.41, 5.74) is 2.77. The molecule has 1 aliphatic rings. The molecular weight excluding hydrogens is 266 g/mol. The van der Waals surface area contributed by atoms with Gasteiger partial charge in [0.05, 0.1) is 0 Å². The lowest BCUT2D eigenvalue weighted by Gasteiger charge is -2.30. The zero-order valence-corrected chi connectivity index (χ0v) is 12.9. The van der Waals surface area contributed by atoms with Crippen molar-refractivity contribution in [2.75, 3.05) is 25.5 Å². The lowest BCUT2D eigenvalue weighted by molar-refractivity contribution is -0.132. The van der Waals surface area contributed by atoms with Gasteiger partial charge >= 0.3 is 0 Å². The summed E-state index contributed by atoms with van der Waals surface area (Å²) in [7, 11) is 1.77. The van der Waals surface area contributed by atoms with E-state index in [0.29, 0.717) is 24.9 Å². The van der Waals surface area contributed by atoms with Crippen molar-refractivity contribution < 1.29 is 9.59 Å². The number of likely N-dealkylation sites (tertiary alicyclic amines) is 1. The van der Waals surface area contributed by atoms with Gasteiger partial charge in [-0.1, -0.05) is 0 Å². The first-order valence-corrected chi connectivity index (χ1v) is 7.40. The molecule has 2 rings (SSSR count). The van der Waals surface area contributed by atoms with Gasteiger partial charge in [0.25, 0.3) is 5.91 Å². The van der Waals surface area contributed by atoms with E-state index in [2.05, 4.69) is 10.6 Å². The summed E-state index contributed by atoms with van der Waals surface area (Å²) < 4.78 is 0. The second kappa shape index (κ2) is 6.61. The van der Waals surface area contributed by atoms with Crippen LogP contribution in [0.2, 0.25) is 0 Å². The molecule has 5 nitrogen and oxygen atoms in total. The first-order chi connectivity index (χ1) is 10.0. The van der Waals surface area contributed by atoms with Crippen LogP contribution >= 0.6 is 0 Å². The van der Waals surface area contributed by atoms with Crippen LogP contribution in [0.4, 0.5) is 5.69 Å². The molecule has 114 valence electrons. The van der Waals surface area contributed by atoms with Gasteiger partial charge in [-0.05, 0) is 44.0 Å². The van der Waals surface area contributed by atoms with E-state index >= 15 is 0 Å². The SMILES string of the molecule is CCNc1ccc(C(=O)NC2CCC(=O)N(C)C2)cc1C. The summed E-state index contributed by atoms with van der Waals surface area (Å²) in [6, 6.07) is 5.70. The number of hydrogen-bond acceptors (Lipinski definition) is 3. The first-order valence-electron chi connectivity index (χ1n) is 7.40. The van der Waals surface area contributed by atoms with E-state index in [4.69, 9.17) is 0 Å². The van der Waals surface area contributed by atoms with Gasteiger partial charge in [0.15, 0.2) is 0 Å². The van der Waals surface area contributed by atoms with Gasteiger partial charge in [-0.2, -0.15) is 0 Å². The molecule has 1 atom stereocenters. The predicted octanol–water partition coefficient (Wildman–Crippen LogP) is 1.78. The Hall–Kier alpha value is -2.04. The number of nitrogens with zero attached hydrogens (tertiary/aromatic N) is 1. The van der Waals surface area contributed by atoms with Gasteiger partial charge in [0.1, 0.15) is 0 Å². The summed E-state index contributed by atoms with van der Waals surface area (Å²) >= 11 is 0. The molecule has 0 saturated carbocycles. The molecule has 1 saturated heterocycles. The minimum Gasteiger partial charge on any atom is -0.385 e. The Kier molecular flexibility index (Phi) is 4.83. The predicted molar refractivity (Wildman–Crippen MR) is 83.5 cm³/mol. The number of rotatable bonds is 4. The van der Waals surface area contributed by atoms with Crippen molar-refractivity contribution in [3.63, 3.8) is 0 Å². The molecule has 1 aromatic carbocycles. The molecular formula is C16H23N3O2. The number of anilines is 1. The summed E-state index contributed by atoms with van der Waals surface area (Å²) in [6.45, 7) is 5.47. The van der Waals surface area contributed by atoms with E-state index in [1.165, 1.54) is 0 Å². The van der Waals surface area contributed by atoms with E-state index in [9.17, 15) is 9.59 Å². The maximum absolute atomic E-state index is 12.3. The Morgan fingerprint density at radius 3 is 2.81 bits per heavy atom. The highest BCUT2D eigenvalue weighted by molar-refractivity contribution is 5.95. The van der Waals surface area contributed by atoms with Crippen molar-refractivity contribution in [1.29, 1.82) is 0 Å². The van der Waals surface area contributed by atoms with Crippen LogP contribution in [0.25, 0.3) is 0 Å². The molecule has 1 fully saturated rings. The lowest BCUT2D eigenvalue weighted by atomic mass is 10.0. The van der Waals surface area contributed by atoms with E-state index in [1.807, 2.05) is 32.0 Å². The van der Waals surface area contributed by atoms with Crippen molar-refractivity contribution in [3.05, 3.63) is 29.3 Å². The van der Waals surface area contributed by atoms with E-state index in [-0.39, 0.29) is 17.9 Å². The van der Waals surface area contributed by atoms with Gasteiger partial charge in [0, 0.05) is 43.9 Å². The summed E-state index contributed by atoms with van der Waals surface area (Å²) in [4.78, 5) is 25.4. The Morgan fingerprint density at radius 1 is 1.43 bits per heavy atom. The quantitative estimate of drug-likeness (QED) is 0.888. The van der Waals surface area contributed by atoms with Crippen molar-refractivity contribution in [2.45, 2.75) is 32.7 Å². The summed E-state index contributed by atoms with van der Waals surface area (Å²) in [5, 5.41) is 6.27. The van der Waals surface area contributed by atoms with Crippen molar-refractivity contribution in [1.82, 2.24) is 10.2 Å².